The smallest absolute Gasteiger partial charge is 0.215 e. The topological polar surface area (TPSA) is 62.9 Å². The van der Waals surface area contributed by atoms with Gasteiger partial charge < -0.3 is 14.6 Å². The zero-order valence-corrected chi connectivity index (χ0v) is 13.4. The van der Waals surface area contributed by atoms with Crippen molar-refractivity contribution in [2.24, 2.45) is 0 Å². The lowest BCUT2D eigenvalue weighted by molar-refractivity contribution is 0.288. The number of pyridine rings is 1. The monoisotopic (exact) mass is 334 g/mol. The molecule has 25 heavy (non-hydrogen) atoms. The van der Waals surface area contributed by atoms with Gasteiger partial charge in [-0.05, 0) is 29.3 Å². The van der Waals surface area contributed by atoms with Crippen LogP contribution in [0.1, 0.15) is 22.3 Å². The van der Waals surface area contributed by atoms with Crippen LogP contribution in [0.4, 0.5) is 4.39 Å². The van der Waals surface area contributed by atoms with Crippen LogP contribution >= 0.6 is 0 Å². The first-order valence-electron chi connectivity index (χ1n) is 7.92. The Labute approximate surface area is 144 Å². The van der Waals surface area contributed by atoms with E-state index < -0.39 is 5.82 Å². The van der Waals surface area contributed by atoms with Crippen molar-refractivity contribution in [3.63, 3.8) is 0 Å². The number of nitrogens with one attached hydrogen (secondary N) is 1. The third kappa shape index (κ3) is 3.10. The van der Waals surface area contributed by atoms with Crippen molar-refractivity contribution in [2.75, 3.05) is 0 Å². The van der Waals surface area contributed by atoms with Crippen LogP contribution in [0.2, 0.25) is 0 Å². The molecule has 4 rings (SSSR count). The van der Waals surface area contributed by atoms with E-state index in [4.69, 9.17) is 10.00 Å². The van der Waals surface area contributed by atoms with Gasteiger partial charge in [-0.1, -0.05) is 12.1 Å². The van der Waals surface area contributed by atoms with Gasteiger partial charge in [-0.2, -0.15) is 10.2 Å². The third-order valence-electron chi connectivity index (χ3n) is 4.16. The summed E-state index contributed by atoms with van der Waals surface area (Å²) in [7, 11) is 0. The number of hydrogen-bond acceptors (Lipinski definition) is 4. The number of ether oxygens (including phenoxy) is 1. The maximum absolute atomic E-state index is 13.9. The Kier molecular flexibility index (Phi) is 3.92. The molecule has 0 aliphatic carbocycles. The van der Waals surface area contributed by atoms with Gasteiger partial charge in [0.2, 0.25) is 5.88 Å². The summed E-state index contributed by atoms with van der Waals surface area (Å²) in [5, 5.41) is 12.1. The summed E-state index contributed by atoms with van der Waals surface area (Å²) < 4.78 is 21.5. The van der Waals surface area contributed by atoms with Crippen LogP contribution in [-0.2, 0) is 19.7 Å². The first kappa shape index (κ1) is 15.4. The van der Waals surface area contributed by atoms with Crippen molar-refractivity contribution in [1.29, 1.82) is 5.26 Å². The number of fused-ring (bicyclic) bond motifs is 1. The van der Waals surface area contributed by atoms with Gasteiger partial charge in [0.1, 0.15) is 18.2 Å². The number of hydrogen-bond donors (Lipinski definition) is 1. The van der Waals surface area contributed by atoms with E-state index in [1.807, 2.05) is 22.8 Å². The second-order valence-corrected chi connectivity index (χ2v) is 5.86. The van der Waals surface area contributed by atoms with Gasteiger partial charge in [0.15, 0.2) is 0 Å². The van der Waals surface area contributed by atoms with E-state index >= 15 is 0 Å². The zero-order chi connectivity index (χ0) is 17.2. The van der Waals surface area contributed by atoms with Crippen molar-refractivity contribution < 1.29 is 9.13 Å². The van der Waals surface area contributed by atoms with E-state index in [0.717, 1.165) is 18.9 Å². The minimum Gasteiger partial charge on any atom is -0.473 e. The van der Waals surface area contributed by atoms with Gasteiger partial charge in [-0.25, -0.2) is 4.39 Å². The van der Waals surface area contributed by atoms with Crippen LogP contribution in [-0.4, -0.2) is 9.55 Å². The van der Waals surface area contributed by atoms with E-state index in [1.165, 1.54) is 17.2 Å². The average molecular weight is 334 g/mol. The molecule has 1 aliphatic heterocycles. The molecule has 0 spiro atoms. The largest absolute Gasteiger partial charge is 0.473 e. The zero-order valence-electron chi connectivity index (χ0n) is 13.4. The molecule has 1 aliphatic rings. The predicted octanol–water partition coefficient (Wildman–Crippen LogP) is 3.07. The molecule has 0 atom stereocenters. The summed E-state index contributed by atoms with van der Waals surface area (Å²) in [5.74, 6) is 0.727. The highest BCUT2D eigenvalue weighted by Gasteiger charge is 2.14. The number of aromatic nitrogens is 2. The van der Waals surface area contributed by atoms with Crippen LogP contribution < -0.4 is 10.1 Å². The summed E-state index contributed by atoms with van der Waals surface area (Å²) in [5.41, 5.74) is 3.22. The molecule has 0 bridgehead atoms. The summed E-state index contributed by atoms with van der Waals surface area (Å²) in [6, 6.07) is 11.7. The number of benzene rings is 1. The fraction of sp³-hybridized carbons (Fsp3) is 0.158. The molecule has 1 N–H and O–H groups in total. The van der Waals surface area contributed by atoms with Crippen LogP contribution in [0.5, 0.6) is 5.88 Å². The number of rotatable bonds is 4. The van der Waals surface area contributed by atoms with Gasteiger partial charge >= 0.3 is 0 Å². The fourth-order valence-electron chi connectivity index (χ4n) is 2.84. The molecule has 0 saturated carbocycles. The van der Waals surface area contributed by atoms with E-state index in [1.54, 1.807) is 18.2 Å². The second kappa shape index (κ2) is 6.38. The molecule has 0 fully saturated rings. The molecule has 0 radical (unpaired) electrons. The van der Waals surface area contributed by atoms with Crippen molar-refractivity contribution in [3.05, 3.63) is 76.9 Å². The minimum atomic E-state index is -0.454. The van der Waals surface area contributed by atoms with E-state index in [2.05, 4.69) is 22.7 Å². The highest BCUT2D eigenvalue weighted by Crippen LogP contribution is 2.20. The van der Waals surface area contributed by atoms with Crippen LogP contribution in [0.25, 0.3) is 5.82 Å². The molecule has 0 unspecified atom stereocenters. The van der Waals surface area contributed by atoms with Crippen molar-refractivity contribution in [3.8, 4) is 17.8 Å². The second-order valence-electron chi connectivity index (χ2n) is 5.86. The van der Waals surface area contributed by atoms with Crippen LogP contribution in [0.3, 0.4) is 0 Å². The van der Waals surface area contributed by atoms with Gasteiger partial charge in [0.25, 0.3) is 0 Å². The molecule has 0 amide bonds. The normalized spacial score (nSPS) is 12.6. The van der Waals surface area contributed by atoms with Crippen LogP contribution in [0.15, 0.2) is 48.8 Å². The first-order valence-corrected chi connectivity index (χ1v) is 7.92. The van der Waals surface area contributed by atoms with Gasteiger partial charge in [-0.3, -0.25) is 0 Å². The van der Waals surface area contributed by atoms with Crippen molar-refractivity contribution >= 4 is 0 Å². The van der Waals surface area contributed by atoms with E-state index in [-0.39, 0.29) is 12.2 Å². The Morgan fingerprint density at radius 1 is 1.20 bits per heavy atom. The lowest BCUT2D eigenvalue weighted by atomic mass is 10.1. The van der Waals surface area contributed by atoms with Gasteiger partial charge in [-0.15, -0.1) is 0 Å². The van der Waals surface area contributed by atoms with E-state index in [9.17, 15) is 4.39 Å². The molecule has 124 valence electrons. The number of nitriles is 1. The predicted molar refractivity (Wildman–Crippen MR) is 89.6 cm³/mol. The lowest BCUT2D eigenvalue weighted by Crippen LogP contribution is -2.04. The quantitative estimate of drug-likeness (QED) is 0.796. The van der Waals surface area contributed by atoms with E-state index in [0.29, 0.717) is 11.4 Å². The molecular formula is C19H15FN4O. The Bertz CT molecular complexity index is 952. The molecule has 0 saturated heterocycles. The molecular weight excluding hydrogens is 319 g/mol. The molecule has 1 aromatic carbocycles. The van der Waals surface area contributed by atoms with Crippen molar-refractivity contribution in [2.45, 2.75) is 19.7 Å². The molecule has 3 heterocycles. The highest BCUT2D eigenvalue weighted by atomic mass is 19.1. The first-order chi connectivity index (χ1) is 12.2. The Morgan fingerprint density at radius 2 is 2.00 bits per heavy atom. The third-order valence-corrected chi connectivity index (χ3v) is 4.16. The molecule has 2 aromatic heterocycles. The standard InChI is InChI=1S/C19H15FN4O/c20-17-6-13(7-21)4-5-14(17)12-25-19-3-1-2-18(23-19)24-10-15-8-22-9-16(15)11-24/h1-6,10-11,22H,8-9,12H2. The van der Waals surface area contributed by atoms with Crippen LogP contribution in [0, 0.1) is 17.1 Å². The Balaban J connectivity index is 1.51. The maximum atomic E-state index is 13.9. The number of halogens is 1. The summed E-state index contributed by atoms with van der Waals surface area (Å²) in [6.45, 7) is 1.80. The van der Waals surface area contributed by atoms with Gasteiger partial charge in [0.05, 0.1) is 11.6 Å². The minimum absolute atomic E-state index is 0.0556. The molecule has 5 nitrogen and oxygen atoms in total. The Morgan fingerprint density at radius 3 is 2.72 bits per heavy atom. The average Bonchev–Trinajstić information content (AvgIpc) is 3.23. The highest BCUT2D eigenvalue weighted by molar-refractivity contribution is 5.36. The summed E-state index contributed by atoms with van der Waals surface area (Å²) >= 11 is 0. The van der Waals surface area contributed by atoms with Gasteiger partial charge in [0, 0.05) is 37.1 Å². The molecule has 3 aromatic rings. The summed E-state index contributed by atoms with van der Waals surface area (Å²) in [6.07, 6.45) is 4.11. The lowest BCUT2D eigenvalue weighted by Gasteiger charge is -2.09. The summed E-state index contributed by atoms with van der Waals surface area (Å²) in [4.78, 5) is 4.48. The molecule has 6 heteroatoms. The SMILES string of the molecule is N#Cc1ccc(COc2cccc(-n3cc4c(c3)CNC4)n2)c(F)c1. The van der Waals surface area contributed by atoms with Crippen molar-refractivity contribution in [1.82, 2.24) is 14.9 Å². The fourth-order valence-corrected chi connectivity index (χ4v) is 2.84. The number of nitrogens with zero attached hydrogens (tertiary/aromatic N) is 3. The Hall–Kier alpha value is -3.17. The maximum Gasteiger partial charge on any atom is 0.215 e.